The highest BCUT2D eigenvalue weighted by Crippen LogP contribution is 2.38. The summed E-state index contributed by atoms with van der Waals surface area (Å²) in [5.41, 5.74) is 11.7. The SMILES string of the molecule is Cc1c(-c2ccc(Cl)cc2Cl)nc(N)c(C#N)c1-c1ccc(C(C)C)cc1. The molecular formula is C22H19Cl2N3. The number of nitriles is 1. The molecule has 27 heavy (non-hydrogen) atoms. The van der Waals surface area contributed by atoms with Gasteiger partial charge in [0.1, 0.15) is 17.5 Å². The van der Waals surface area contributed by atoms with Gasteiger partial charge in [-0.3, -0.25) is 0 Å². The van der Waals surface area contributed by atoms with E-state index < -0.39 is 0 Å². The fraction of sp³-hybridized carbons (Fsp3) is 0.182. The summed E-state index contributed by atoms with van der Waals surface area (Å²) in [6.45, 7) is 6.22. The van der Waals surface area contributed by atoms with Crippen LogP contribution in [0, 0.1) is 18.3 Å². The van der Waals surface area contributed by atoms with Gasteiger partial charge in [0, 0.05) is 16.1 Å². The van der Waals surface area contributed by atoms with Crippen LogP contribution in [0.4, 0.5) is 5.82 Å². The van der Waals surface area contributed by atoms with E-state index in [0.717, 1.165) is 22.3 Å². The van der Waals surface area contributed by atoms with Gasteiger partial charge in [-0.05, 0) is 47.7 Å². The van der Waals surface area contributed by atoms with Gasteiger partial charge in [0.2, 0.25) is 0 Å². The Morgan fingerprint density at radius 2 is 1.74 bits per heavy atom. The second kappa shape index (κ2) is 7.60. The summed E-state index contributed by atoms with van der Waals surface area (Å²) in [6.07, 6.45) is 0. The molecule has 3 rings (SSSR count). The normalized spacial score (nSPS) is 10.9. The lowest BCUT2D eigenvalue weighted by Gasteiger charge is -2.16. The second-order valence-corrected chi connectivity index (χ2v) is 7.58. The van der Waals surface area contributed by atoms with Crippen LogP contribution in [0.25, 0.3) is 22.4 Å². The number of nitrogens with zero attached hydrogens (tertiary/aromatic N) is 2. The molecule has 0 radical (unpaired) electrons. The summed E-state index contributed by atoms with van der Waals surface area (Å²) in [4.78, 5) is 4.46. The molecule has 0 spiro atoms. The zero-order chi connectivity index (χ0) is 19.7. The van der Waals surface area contributed by atoms with Crippen LogP contribution in [0.15, 0.2) is 42.5 Å². The Balaban J connectivity index is 2.27. The number of pyridine rings is 1. The van der Waals surface area contributed by atoms with Crippen molar-refractivity contribution in [1.82, 2.24) is 4.98 Å². The topological polar surface area (TPSA) is 62.7 Å². The molecule has 0 saturated carbocycles. The molecule has 0 amide bonds. The Hall–Kier alpha value is -2.54. The highest BCUT2D eigenvalue weighted by molar-refractivity contribution is 6.36. The van der Waals surface area contributed by atoms with E-state index in [1.807, 2.05) is 25.1 Å². The van der Waals surface area contributed by atoms with E-state index >= 15 is 0 Å². The number of hydrogen-bond acceptors (Lipinski definition) is 3. The Morgan fingerprint density at radius 1 is 1.07 bits per heavy atom. The van der Waals surface area contributed by atoms with Crippen molar-refractivity contribution in [3.63, 3.8) is 0 Å². The Kier molecular flexibility index (Phi) is 5.41. The number of nitrogens with two attached hydrogens (primary N) is 1. The molecule has 1 aromatic heterocycles. The summed E-state index contributed by atoms with van der Waals surface area (Å²) < 4.78 is 0. The van der Waals surface area contributed by atoms with E-state index in [0.29, 0.717) is 27.2 Å². The van der Waals surface area contributed by atoms with Gasteiger partial charge in [-0.25, -0.2) is 4.98 Å². The van der Waals surface area contributed by atoms with E-state index in [1.165, 1.54) is 5.56 Å². The predicted octanol–water partition coefficient (Wildman–Crippen LogP) is 6.61. The third kappa shape index (κ3) is 3.64. The van der Waals surface area contributed by atoms with Crippen LogP contribution in [0.2, 0.25) is 10.0 Å². The van der Waals surface area contributed by atoms with Crippen LogP contribution in [-0.4, -0.2) is 4.98 Å². The maximum atomic E-state index is 9.67. The van der Waals surface area contributed by atoms with Crippen LogP contribution in [0.3, 0.4) is 0 Å². The number of anilines is 1. The first kappa shape index (κ1) is 19.2. The third-order valence-electron chi connectivity index (χ3n) is 4.63. The summed E-state index contributed by atoms with van der Waals surface area (Å²) >= 11 is 12.4. The predicted molar refractivity (Wildman–Crippen MR) is 113 cm³/mol. The standard InChI is InChI=1S/C22H19Cl2N3/c1-12(2)14-4-6-15(7-5-14)20-13(3)21(27-22(26)18(20)11-25)17-9-8-16(23)10-19(17)24/h4-10,12H,1-3H3,(H2,26,27). The van der Waals surface area contributed by atoms with Gasteiger partial charge < -0.3 is 5.73 Å². The average molecular weight is 396 g/mol. The molecular weight excluding hydrogens is 377 g/mol. The monoisotopic (exact) mass is 395 g/mol. The Labute approximate surface area is 169 Å². The van der Waals surface area contributed by atoms with E-state index in [4.69, 9.17) is 28.9 Å². The number of aromatic nitrogens is 1. The van der Waals surface area contributed by atoms with Crippen LogP contribution in [0.5, 0.6) is 0 Å². The lowest BCUT2D eigenvalue weighted by molar-refractivity contribution is 0.867. The maximum Gasteiger partial charge on any atom is 0.142 e. The summed E-state index contributed by atoms with van der Waals surface area (Å²) in [5.74, 6) is 0.619. The minimum Gasteiger partial charge on any atom is -0.383 e. The molecule has 3 nitrogen and oxygen atoms in total. The highest BCUT2D eigenvalue weighted by atomic mass is 35.5. The van der Waals surface area contributed by atoms with Crippen LogP contribution in [0.1, 0.15) is 36.5 Å². The van der Waals surface area contributed by atoms with Gasteiger partial charge in [0.05, 0.1) is 10.7 Å². The zero-order valence-corrected chi connectivity index (χ0v) is 16.9. The summed E-state index contributed by atoms with van der Waals surface area (Å²) in [5, 5.41) is 10.7. The van der Waals surface area contributed by atoms with E-state index in [2.05, 4.69) is 37.0 Å². The zero-order valence-electron chi connectivity index (χ0n) is 15.3. The molecule has 0 saturated heterocycles. The average Bonchev–Trinajstić information content (AvgIpc) is 2.63. The van der Waals surface area contributed by atoms with Crippen molar-refractivity contribution in [1.29, 1.82) is 5.26 Å². The van der Waals surface area contributed by atoms with Gasteiger partial charge in [-0.15, -0.1) is 0 Å². The van der Waals surface area contributed by atoms with Crippen molar-refractivity contribution in [3.05, 3.63) is 69.2 Å². The molecule has 0 aliphatic carbocycles. The first-order valence-corrected chi connectivity index (χ1v) is 9.35. The number of hydrogen-bond donors (Lipinski definition) is 1. The Bertz CT molecular complexity index is 1050. The first-order valence-electron chi connectivity index (χ1n) is 8.59. The fourth-order valence-corrected chi connectivity index (χ4v) is 3.64. The van der Waals surface area contributed by atoms with Gasteiger partial charge in [-0.2, -0.15) is 5.26 Å². The smallest absolute Gasteiger partial charge is 0.142 e. The molecule has 0 bridgehead atoms. The van der Waals surface area contributed by atoms with Crippen molar-refractivity contribution in [3.8, 4) is 28.5 Å². The molecule has 5 heteroatoms. The van der Waals surface area contributed by atoms with Crippen LogP contribution in [-0.2, 0) is 0 Å². The number of halogens is 2. The van der Waals surface area contributed by atoms with E-state index in [-0.39, 0.29) is 5.82 Å². The highest BCUT2D eigenvalue weighted by Gasteiger charge is 2.19. The first-order chi connectivity index (χ1) is 12.8. The minimum absolute atomic E-state index is 0.187. The number of benzene rings is 2. The van der Waals surface area contributed by atoms with Crippen molar-refractivity contribution in [2.45, 2.75) is 26.7 Å². The molecule has 2 aromatic carbocycles. The molecule has 1 heterocycles. The molecule has 136 valence electrons. The lowest BCUT2D eigenvalue weighted by Crippen LogP contribution is -2.03. The van der Waals surface area contributed by atoms with Crippen molar-refractivity contribution in [2.24, 2.45) is 0 Å². The molecule has 0 atom stereocenters. The summed E-state index contributed by atoms with van der Waals surface area (Å²) in [7, 11) is 0. The third-order valence-corrected chi connectivity index (χ3v) is 5.18. The van der Waals surface area contributed by atoms with Crippen molar-refractivity contribution in [2.75, 3.05) is 5.73 Å². The van der Waals surface area contributed by atoms with Gasteiger partial charge >= 0.3 is 0 Å². The molecule has 0 fully saturated rings. The Morgan fingerprint density at radius 3 is 2.30 bits per heavy atom. The molecule has 0 aliphatic heterocycles. The minimum atomic E-state index is 0.187. The molecule has 2 N–H and O–H groups in total. The van der Waals surface area contributed by atoms with Crippen LogP contribution < -0.4 is 5.73 Å². The quantitative estimate of drug-likeness (QED) is 0.542. The van der Waals surface area contributed by atoms with Crippen LogP contribution >= 0.6 is 23.2 Å². The molecule has 3 aromatic rings. The molecule has 0 aliphatic rings. The maximum absolute atomic E-state index is 9.67. The number of nitrogen functional groups attached to an aromatic ring is 1. The van der Waals surface area contributed by atoms with Gasteiger partial charge in [0.15, 0.2) is 0 Å². The van der Waals surface area contributed by atoms with Crippen molar-refractivity contribution < 1.29 is 0 Å². The van der Waals surface area contributed by atoms with E-state index in [9.17, 15) is 5.26 Å². The summed E-state index contributed by atoms with van der Waals surface area (Å²) in [6, 6.07) is 15.6. The van der Waals surface area contributed by atoms with Gasteiger partial charge in [0.25, 0.3) is 0 Å². The largest absolute Gasteiger partial charge is 0.383 e. The van der Waals surface area contributed by atoms with E-state index in [1.54, 1.807) is 12.1 Å². The second-order valence-electron chi connectivity index (χ2n) is 6.73. The van der Waals surface area contributed by atoms with Crippen molar-refractivity contribution >= 4 is 29.0 Å². The number of rotatable bonds is 3. The molecule has 0 unspecified atom stereocenters. The fourth-order valence-electron chi connectivity index (χ4n) is 3.15. The van der Waals surface area contributed by atoms with Gasteiger partial charge in [-0.1, -0.05) is 61.3 Å². The lowest BCUT2D eigenvalue weighted by atomic mass is 9.91.